The molecule has 19 heavy (non-hydrogen) atoms. The lowest BCUT2D eigenvalue weighted by atomic mass is 9.94. The van der Waals surface area contributed by atoms with Crippen LogP contribution < -0.4 is 4.90 Å². The molecule has 100 valence electrons. The average molecular weight is 321 g/mol. The summed E-state index contributed by atoms with van der Waals surface area (Å²) < 4.78 is 0. The number of halogens is 1. The molecule has 4 nitrogen and oxygen atoms in total. The second kappa shape index (κ2) is 5.41. The molecule has 1 unspecified atom stereocenters. The SMILES string of the molecule is CC(Br)C1CCN(c2nnc3ccccc3n2)CC1. The maximum atomic E-state index is 4.61. The lowest BCUT2D eigenvalue weighted by Gasteiger charge is -2.33. The summed E-state index contributed by atoms with van der Waals surface area (Å²) in [5.74, 6) is 1.52. The van der Waals surface area contributed by atoms with E-state index < -0.39 is 0 Å². The Morgan fingerprint density at radius 2 is 1.84 bits per heavy atom. The van der Waals surface area contributed by atoms with Gasteiger partial charge in [-0.25, -0.2) is 4.98 Å². The van der Waals surface area contributed by atoms with Crippen LogP contribution in [0.2, 0.25) is 0 Å². The predicted octanol–water partition coefficient (Wildman–Crippen LogP) is 3.02. The molecule has 2 heterocycles. The summed E-state index contributed by atoms with van der Waals surface area (Å²) in [6.45, 7) is 4.26. The zero-order valence-electron chi connectivity index (χ0n) is 11.0. The maximum absolute atomic E-state index is 4.61. The monoisotopic (exact) mass is 320 g/mol. The van der Waals surface area contributed by atoms with Crippen molar-refractivity contribution < 1.29 is 0 Å². The van der Waals surface area contributed by atoms with Crippen LogP contribution >= 0.6 is 15.9 Å². The van der Waals surface area contributed by atoms with E-state index in [-0.39, 0.29) is 0 Å². The Morgan fingerprint density at radius 1 is 1.16 bits per heavy atom. The minimum atomic E-state index is 0.588. The zero-order chi connectivity index (χ0) is 13.2. The van der Waals surface area contributed by atoms with E-state index >= 15 is 0 Å². The van der Waals surface area contributed by atoms with Crippen LogP contribution in [0.15, 0.2) is 24.3 Å². The van der Waals surface area contributed by atoms with Gasteiger partial charge in [0.15, 0.2) is 0 Å². The quantitative estimate of drug-likeness (QED) is 0.798. The summed E-state index contributed by atoms with van der Waals surface area (Å²) >= 11 is 3.68. The summed E-state index contributed by atoms with van der Waals surface area (Å²) in [5.41, 5.74) is 1.78. The van der Waals surface area contributed by atoms with Crippen LogP contribution in [-0.4, -0.2) is 33.1 Å². The number of hydrogen-bond acceptors (Lipinski definition) is 4. The van der Waals surface area contributed by atoms with Crippen LogP contribution in [0.5, 0.6) is 0 Å². The normalized spacial score (nSPS) is 18.7. The number of nitrogens with zero attached hydrogens (tertiary/aromatic N) is 4. The third kappa shape index (κ3) is 2.71. The summed E-state index contributed by atoms with van der Waals surface area (Å²) in [5, 5.41) is 8.50. The van der Waals surface area contributed by atoms with Gasteiger partial charge in [-0.3, -0.25) is 0 Å². The van der Waals surface area contributed by atoms with Crippen LogP contribution in [0.3, 0.4) is 0 Å². The largest absolute Gasteiger partial charge is 0.339 e. The van der Waals surface area contributed by atoms with Crippen LogP contribution in [-0.2, 0) is 0 Å². The second-order valence-corrected chi connectivity index (χ2v) is 6.55. The van der Waals surface area contributed by atoms with Crippen molar-refractivity contribution in [3.63, 3.8) is 0 Å². The van der Waals surface area contributed by atoms with Crippen LogP contribution in [0.4, 0.5) is 5.95 Å². The summed E-state index contributed by atoms with van der Waals surface area (Å²) in [6, 6.07) is 7.87. The number of hydrogen-bond donors (Lipinski definition) is 0. The maximum Gasteiger partial charge on any atom is 0.245 e. The van der Waals surface area contributed by atoms with Gasteiger partial charge >= 0.3 is 0 Å². The average Bonchev–Trinajstić information content (AvgIpc) is 2.47. The number of benzene rings is 1. The molecule has 0 amide bonds. The number of rotatable bonds is 2. The fraction of sp³-hybridized carbons (Fsp3) is 0.500. The summed E-state index contributed by atoms with van der Waals surface area (Å²) in [6.07, 6.45) is 2.37. The van der Waals surface area contributed by atoms with E-state index in [2.05, 4.69) is 42.9 Å². The van der Waals surface area contributed by atoms with E-state index in [1.807, 2.05) is 24.3 Å². The van der Waals surface area contributed by atoms with Gasteiger partial charge in [0, 0.05) is 17.9 Å². The molecule has 1 aliphatic heterocycles. The van der Waals surface area contributed by atoms with Gasteiger partial charge in [-0.05, 0) is 30.9 Å². The van der Waals surface area contributed by atoms with Gasteiger partial charge < -0.3 is 4.90 Å². The first-order valence-electron chi connectivity index (χ1n) is 6.72. The van der Waals surface area contributed by atoms with Crippen molar-refractivity contribution >= 4 is 32.9 Å². The molecule has 0 saturated carbocycles. The van der Waals surface area contributed by atoms with Crippen molar-refractivity contribution in [2.45, 2.75) is 24.6 Å². The van der Waals surface area contributed by atoms with E-state index in [0.717, 1.165) is 36.0 Å². The van der Waals surface area contributed by atoms with Crippen LogP contribution in [0, 0.1) is 5.92 Å². The number of fused-ring (bicyclic) bond motifs is 1. The minimum Gasteiger partial charge on any atom is -0.339 e. The van der Waals surface area contributed by atoms with E-state index in [0.29, 0.717) is 4.83 Å². The van der Waals surface area contributed by atoms with Crippen molar-refractivity contribution in [3.05, 3.63) is 24.3 Å². The van der Waals surface area contributed by atoms with Crippen molar-refractivity contribution in [2.24, 2.45) is 5.92 Å². The standard InChI is InChI=1S/C14H17BrN4/c1-10(15)11-6-8-19(9-7-11)14-16-12-4-2-3-5-13(12)17-18-14/h2-5,10-11H,6-9H2,1H3. The highest BCUT2D eigenvalue weighted by Crippen LogP contribution is 2.26. The first-order chi connectivity index (χ1) is 9.24. The van der Waals surface area contributed by atoms with E-state index in [1.165, 1.54) is 12.8 Å². The Balaban J connectivity index is 1.78. The van der Waals surface area contributed by atoms with E-state index in [9.17, 15) is 0 Å². The highest BCUT2D eigenvalue weighted by molar-refractivity contribution is 9.09. The van der Waals surface area contributed by atoms with Gasteiger partial charge in [-0.1, -0.05) is 35.0 Å². The fourth-order valence-corrected chi connectivity index (χ4v) is 3.09. The van der Waals surface area contributed by atoms with Crippen molar-refractivity contribution in [3.8, 4) is 0 Å². The lowest BCUT2D eigenvalue weighted by Crippen LogP contribution is -2.37. The van der Waals surface area contributed by atoms with Crippen molar-refractivity contribution in [1.82, 2.24) is 15.2 Å². The third-order valence-electron chi connectivity index (χ3n) is 3.82. The Morgan fingerprint density at radius 3 is 2.53 bits per heavy atom. The van der Waals surface area contributed by atoms with Crippen LogP contribution in [0.25, 0.3) is 11.0 Å². The highest BCUT2D eigenvalue weighted by Gasteiger charge is 2.24. The van der Waals surface area contributed by atoms with Gasteiger partial charge in [0.2, 0.25) is 5.95 Å². The molecule has 1 aromatic carbocycles. The molecule has 0 spiro atoms. The number of anilines is 1. The molecule has 1 atom stereocenters. The molecule has 0 radical (unpaired) electrons. The lowest BCUT2D eigenvalue weighted by molar-refractivity contribution is 0.403. The van der Waals surface area contributed by atoms with E-state index in [1.54, 1.807) is 0 Å². The fourth-order valence-electron chi connectivity index (χ4n) is 2.56. The molecule has 1 fully saturated rings. The van der Waals surface area contributed by atoms with Gasteiger partial charge in [0.25, 0.3) is 0 Å². The molecule has 1 saturated heterocycles. The molecular formula is C14H17BrN4. The van der Waals surface area contributed by atoms with Crippen LogP contribution in [0.1, 0.15) is 19.8 Å². The van der Waals surface area contributed by atoms with Gasteiger partial charge in [0.05, 0.1) is 5.52 Å². The molecule has 1 aromatic heterocycles. The van der Waals surface area contributed by atoms with Gasteiger partial charge in [-0.15, -0.1) is 10.2 Å². The summed E-state index contributed by atoms with van der Waals surface area (Å²) in [4.78, 5) is 7.44. The van der Waals surface area contributed by atoms with Crippen molar-refractivity contribution in [2.75, 3.05) is 18.0 Å². The predicted molar refractivity (Wildman–Crippen MR) is 80.7 cm³/mol. The Bertz CT molecular complexity index is 564. The summed E-state index contributed by atoms with van der Waals surface area (Å²) in [7, 11) is 0. The highest BCUT2D eigenvalue weighted by atomic mass is 79.9. The molecule has 0 aliphatic carbocycles. The Kier molecular flexibility index (Phi) is 3.64. The molecule has 0 bridgehead atoms. The number of piperidine rings is 1. The van der Waals surface area contributed by atoms with Crippen molar-refractivity contribution in [1.29, 1.82) is 0 Å². The molecule has 5 heteroatoms. The topological polar surface area (TPSA) is 41.9 Å². The molecule has 3 rings (SSSR count). The molecule has 1 aliphatic rings. The Labute approximate surface area is 121 Å². The van der Waals surface area contributed by atoms with E-state index in [4.69, 9.17) is 0 Å². The number of para-hydroxylation sites is 1. The first-order valence-corrected chi connectivity index (χ1v) is 7.64. The first kappa shape index (κ1) is 12.8. The second-order valence-electron chi connectivity index (χ2n) is 5.10. The Hall–Kier alpha value is -1.23. The van der Waals surface area contributed by atoms with Gasteiger partial charge in [0.1, 0.15) is 5.52 Å². The smallest absolute Gasteiger partial charge is 0.245 e. The zero-order valence-corrected chi connectivity index (χ0v) is 12.5. The number of aromatic nitrogens is 3. The molecule has 2 aromatic rings. The third-order valence-corrected chi connectivity index (χ3v) is 4.57. The molecule has 0 N–H and O–H groups in total. The molecular weight excluding hydrogens is 304 g/mol. The van der Waals surface area contributed by atoms with Gasteiger partial charge in [-0.2, -0.15) is 0 Å². The minimum absolute atomic E-state index is 0.588. The number of alkyl halides is 1.